The predicted octanol–water partition coefficient (Wildman–Crippen LogP) is 5.26. The number of methoxy groups -OCH3 is 1. The molecule has 4 rings (SSSR count). The molecule has 1 saturated heterocycles. The second-order valence-corrected chi connectivity index (χ2v) is 11.3. The maximum atomic E-state index is 12.4. The van der Waals surface area contributed by atoms with Gasteiger partial charge in [0.2, 0.25) is 0 Å². The Hall–Kier alpha value is -2.74. The number of aryl methyl sites for hydroxylation is 1. The first-order valence-electron chi connectivity index (χ1n) is 15.2. The molecule has 1 amide bonds. The Kier molecular flexibility index (Phi) is 16.3. The Balaban J connectivity index is 0.000000242. The molecule has 228 valence electrons. The maximum absolute atomic E-state index is 12.4. The standard InChI is InChI=1S/C17H27NO3.C9H18N2.C8H8O/c1-6-14-8-9-15(17(19)18(4)13(2)3)12-16(14)21-11-7-10-20-5;1-11(9-2-3-9)7-8-4-5-10-6-8;9-7-6-8-4-2-1-3-5-8/h8-9,12-13H,6-7,10-11H2,1-5H3;8-10H,2-7H2,1H3;1-5,7H,6H2. The van der Waals surface area contributed by atoms with E-state index in [2.05, 4.69) is 24.2 Å². The predicted molar refractivity (Wildman–Crippen MR) is 168 cm³/mol. The molecule has 0 radical (unpaired) electrons. The van der Waals surface area contributed by atoms with Gasteiger partial charge in [0.25, 0.3) is 5.91 Å². The minimum atomic E-state index is 0.0226. The first-order valence-corrected chi connectivity index (χ1v) is 15.2. The maximum Gasteiger partial charge on any atom is 0.253 e. The van der Waals surface area contributed by atoms with Crippen molar-refractivity contribution in [2.24, 2.45) is 5.92 Å². The number of carbonyl (C=O) groups excluding carboxylic acids is 2. The van der Waals surface area contributed by atoms with Crippen molar-refractivity contribution < 1.29 is 19.1 Å². The Morgan fingerprint density at radius 3 is 2.37 bits per heavy atom. The SMILES string of the molecule is CCc1ccc(C(=O)N(C)C(C)C)cc1OCCCOC.CN(CC1CCNC1)C1CC1.O=CCc1ccccc1. The van der Waals surface area contributed by atoms with Gasteiger partial charge in [0.1, 0.15) is 12.0 Å². The van der Waals surface area contributed by atoms with Gasteiger partial charge in [-0.1, -0.05) is 43.3 Å². The third kappa shape index (κ3) is 13.2. The second-order valence-electron chi connectivity index (χ2n) is 11.3. The first-order chi connectivity index (χ1) is 19.8. The van der Waals surface area contributed by atoms with Crippen molar-refractivity contribution in [2.45, 2.75) is 71.4 Å². The topological polar surface area (TPSA) is 71.1 Å². The molecule has 2 fully saturated rings. The fourth-order valence-electron chi connectivity index (χ4n) is 4.59. The highest BCUT2D eigenvalue weighted by atomic mass is 16.5. The quantitative estimate of drug-likeness (QED) is 0.263. The molecular formula is C34H53N3O4. The van der Waals surface area contributed by atoms with Gasteiger partial charge < -0.3 is 29.4 Å². The van der Waals surface area contributed by atoms with Crippen LogP contribution in [-0.4, -0.2) is 88.1 Å². The summed E-state index contributed by atoms with van der Waals surface area (Å²) in [4.78, 5) is 26.6. The smallest absolute Gasteiger partial charge is 0.253 e. The summed E-state index contributed by atoms with van der Waals surface area (Å²) in [7, 11) is 5.77. The van der Waals surface area contributed by atoms with Crippen molar-refractivity contribution in [1.29, 1.82) is 0 Å². The van der Waals surface area contributed by atoms with Crippen LogP contribution in [0.25, 0.3) is 0 Å². The van der Waals surface area contributed by atoms with E-state index in [4.69, 9.17) is 9.47 Å². The third-order valence-corrected chi connectivity index (χ3v) is 7.58. The lowest BCUT2D eigenvalue weighted by atomic mass is 10.1. The molecule has 41 heavy (non-hydrogen) atoms. The van der Waals surface area contributed by atoms with Gasteiger partial charge in [0.15, 0.2) is 0 Å². The largest absolute Gasteiger partial charge is 0.493 e. The van der Waals surface area contributed by atoms with Crippen LogP contribution in [0, 0.1) is 5.92 Å². The number of ether oxygens (including phenoxy) is 2. The van der Waals surface area contributed by atoms with Crippen LogP contribution in [0.3, 0.4) is 0 Å². The lowest BCUT2D eigenvalue weighted by Crippen LogP contribution is -2.33. The minimum Gasteiger partial charge on any atom is -0.493 e. The number of hydrogen-bond donors (Lipinski definition) is 1. The molecule has 1 aliphatic carbocycles. The van der Waals surface area contributed by atoms with Crippen LogP contribution in [0.4, 0.5) is 0 Å². The molecule has 7 nitrogen and oxygen atoms in total. The summed E-state index contributed by atoms with van der Waals surface area (Å²) in [6.45, 7) is 11.2. The summed E-state index contributed by atoms with van der Waals surface area (Å²) in [5.41, 5.74) is 2.87. The number of aldehydes is 1. The van der Waals surface area contributed by atoms with Crippen LogP contribution in [0.15, 0.2) is 48.5 Å². The number of carbonyl (C=O) groups is 2. The number of rotatable bonds is 13. The van der Waals surface area contributed by atoms with E-state index in [0.717, 1.165) is 48.0 Å². The zero-order valence-corrected chi connectivity index (χ0v) is 26.2. The van der Waals surface area contributed by atoms with Gasteiger partial charge in [-0.3, -0.25) is 4.79 Å². The summed E-state index contributed by atoms with van der Waals surface area (Å²) < 4.78 is 10.8. The van der Waals surface area contributed by atoms with Gasteiger partial charge in [-0.05, 0) is 88.8 Å². The highest BCUT2D eigenvalue weighted by Crippen LogP contribution is 2.26. The summed E-state index contributed by atoms with van der Waals surface area (Å²) in [5.74, 6) is 1.76. The van der Waals surface area contributed by atoms with Crippen LogP contribution in [0.2, 0.25) is 0 Å². The Morgan fingerprint density at radius 2 is 1.80 bits per heavy atom. The van der Waals surface area contributed by atoms with E-state index >= 15 is 0 Å². The Bertz CT molecular complexity index is 1000. The van der Waals surface area contributed by atoms with Crippen LogP contribution in [0.1, 0.15) is 67.9 Å². The molecule has 1 heterocycles. The van der Waals surface area contributed by atoms with E-state index in [9.17, 15) is 9.59 Å². The van der Waals surface area contributed by atoms with Crippen molar-refractivity contribution in [3.8, 4) is 5.75 Å². The van der Waals surface area contributed by atoms with Gasteiger partial charge in [-0.15, -0.1) is 0 Å². The molecule has 1 unspecified atom stereocenters. The van der Waals surface area contributed by atoms with Gasteiger partial charge in [-0.2, -0.15) is 0 Å². The molecule has 2 aliphatic rings. The summed E-state index contributed by atoms with van der Waals surface area (Å²) in [5, 5.41) is 3.41. The van der Waals surface area contributed by atoms with Gasteiger partial charge >= 0.3 is 0 Å². The molecule has 1 aliphatic heterocycles. The van der Waals surface area contributed by atoms with Crippen molar-refractivity contribution in [3.63, 3.8) is 0 Å². The monoisotopic (exact) mass is 567 g/mol. The molecular weight excluding hydrogens is 514 g/mol. The minimum absolute atomic E-state index is 0.0226. The summed E-state index contributed by atoms with van der Waals surface area (Å²) in [6, 6.07) is 16.5. The average molecular weight is 568 g/mol. The molecule has 1 N–H and O–H groups in total. The zero-order valence-electron chi connectivity index (χ0n) is 26.2. The average Bonchev–Trinajstić information content (AvgIpc) is 3.72. The van der Waals surface area contributed by atoms with Gasteiger partial charge in [0.05, 0.1) is 6.61 Å². The second kappa shape index (κ2) is 19.4. The molecule has 0 bridgehead atoms. The Morgan fingerprint density at radius 1 is 1.07 bits per heavy atom. The van der Waals surface area contributed by atoms with Crippen molar-refractivity contribution >= 4 is 12.2 Å². The Labute approximate surface area is 248 Å². The van der Waals surface area contributed by atoms with Crippen LogP contribution in [0.5, 0.6) is 5.75 Å². The van der Waals surface area contributed by atoms with Crippen molar-refractivity contribution in [3.05, 3.63) is 65.2 Å². The lowest BCUT2D eigenvalue weighted by Gasteiger charge is -2.22. The van der Waals surface area contributed by atoms with E-state index in [1.165, 1.54) is 38.9 Å². The number of benzene rings is 2. The van der Waals surface area contributed by atoms with E-state index in [0.29, 0.717) is 25.2 Å². The summed E-state index contributed by atoms with van der Waals surface area (Å²) in [6.07, 6.45) is 7.43. The lowest BCUT2D eigenvalue weighted by molar-refractivity contribution is -0.107. The molecule has 7 heteroatoms. The van der Waals surface area contributed by atoms with E-state index in [-0.39, 0.29) is 11.9 Å². The number of nitrogens with one attached hydrogen (secondary N) is 1. The van der Waals surface area contributed by atoms with Gasteiger partial charge in [0, 0.05) is 57.8 Å². The number of hydrogen-bond acceptors (Lipinski definition) is 6. The number of nitrogens with zero attached hydrogens (tertiary/aromatic N) is 2. The van der Waals surface area contributed by atoms with Crippen LogP contribution >= 0.6 is 0 Å². The normalized spacial score (nSPS) is 16.0. The molecule has 2 aromatic rings. The first kappa shape index (κ1) is 34.5. The van der Waals surface area contributed by atoms with Crippen molar-refractivity contribution in [1.82, 2.24) is 15.1 Å². The van der Waals surface area contributed by atoms with Gasteiger partial charge in [-0.25, -0.2) is 0 Å². The fraction of sp³-hybridized carbons (Fsp3) is 0.588. The van der Waals surface area contributed by atoms with E-state index in [1.807, 2.05) is 69.4 Å². The van der Waals surface area contributed by atoms with Crippen LogP contribution in [-0.2, 0) is 22.4 Å². The third-order valence-electron chi connectivity index (χ3n) is 7.58. The fourth-order valence-corrected chi connectivity index (χ4v) is 4.59. The molecule has 0 aromatic heterocycles. The van der Waals surface area contributed by atoms with Crippen molar-refractivity contribution in [2.75, 3.05) is 54.1 Å². The molecule has 2 aromatic carbocycles. The molecule has 0 spiro atoms. The van der Waals surface area contributed by atoms with Crippen LogP contribution < -0.4 is 10.1 Å². The highest BCUT2D eigenvalue weighted by molar-refractivity contribution is 5.94. The summed E-state index contributed by atoms with van der Waals surface area (Å²) >= 11 is 0. The highest BCUT2D eigenvalue weighted by Gasteiger charge is 2.28. The van der Waals surface area contributed by atoms with E-state index < -0.39 is 0 Å². The van der Waals surface area contributed by atoms with E-state index in [1.54, 1.807) is 12.0 Å². The molecule has 1 atom stereocenters. The zero-order chi connectivity index (χ0) is 30.0. The molecule has 1 saturated carbocycles. The number of amides is 1.